The van der Waals surface area contributed by atoms with Crippen LogP contribution in [0, 0.1) is 0 Å². The Balaban J connectivity index is 1.80. The van der Waals surface area contributed by atoms with E-state index in [1.165, 1.54) is 0 Å². The minimum atomic E-state index is -0.148. The summed E-state index contributed by atoms with van der Waals surface area (Å²) in [5, 5.41) is 6.58. The van der Waals surface area contributed by atoms with Gasteiger partial charge in [0.1, 0.15) is 0 Å². The number of rotatable bonds is 7. The first-order valence-electron chi connectivity index (χ1n) is 9.08. The highest BCUT2D eigenvalue weighted by atomic mass is 16.5. The highest BCUT2D eigenvalue weighted by Gasteiger charge is 2.21. The zero-order valence-corrected chi connectivity index (χ0v) is 16.7. The molecule has 2 aromatic rings. The van der Waals surface area contributed by atoms with Gasteiger partial charge in [-0.15, -0.1) is 0 Å². The first-order valence-corrected chi connectivity index (χ1v) is 9.08. The zero-order chi connectivity index (χ0) is 20.0. The molecule has 146 valence electrons. The van der Waals surface area contributed by atoms with Crippen LogP contribution in [0.3, 0.4) is 0 Å². The Kier molecular flexibility index (Phi) is 6.71. The van der Waals surface area contributed by atoms with Crippen molar-refractivity contribution < 1.29 is 14.1 Å². The van der Waals surface area contributed by atoms with Gasteiger partial charge in [0.2, 0.25) is 11.8 Å². The summed E-state index contributed by atoms with van der Waals surface area (Å²) in [7, 11) is 3.38. The molecule has 0 saturated heterocycles. The van der Waals surface area contributed by atoms with Gasteiger partial charge in [0.15, 0.2) is 5.82 Å². The van der Waals surface area contributed by atoms with Crippen LogP contribution in [0.5, 0.6) is 0 Å². The van der Waals surface area contributed by atoms with Crippen molar-refractivity contribution in [2.75, 3.05) is 14.1 Å². The number of hydrogen-bond acceptors (Lipinski definition) is 5. The van der Waals surface area contributed by atoms with E-state index in [9.17, 15) is 9.59 Å². The number of aryl methyl sites for hydroxylation is 1. The second-order valence-corrected chi connectivity index (χ2v) is 7.64. The standard InChI is InChI=1S/C20H28N4O3/c1-20(2,3)19-22-16(27-23-19)7-6-8-17(25)24(5)13-14-9-11-15(12-10-14)18(26)21-4/h9-12H,6-8,13H2,1-5H3,(H,21,26). The molecule has 7 heteroatoms. The van der Waals surface area contributed by atoms with E-state index in [4.69, 9.17) is 4.52 Å². The summed E-state index contributed by atoms with van der Waals surface area (Å²) >= 11 is 0. The Morgan fingerprint density at radius 2 is 1.85 bits per heavy atom. The summed E-state index contributed by atoms with van der Waals surface area (Å²) < 4.78 is 5.25. The van der Waals surface area contributed by atoms with Crippen molar-refractivity contribution in [2.45, 2.75) is 52.0 Å². The minimum Gasteiger partial charge on any atom is -0.355 e. The van der Waals surface area contributed by atoms with Crippen LogP contribution in [-0.4, -0.2) is 41.0 Å². The molecule has 1 aromatic heterocycles. The summed E-state index contributed by atoms with van der Waals surface area (Å²) in [4.78, 5) is 29.9. The molecule has 0 spiro atoms. The normalized spacial score (nSPS) is 11.3. The molecule has 0 aliphatic carbocycles. The first kappa shape index (κ1) is 20.6. The van der Waals surface area contributed by atoms with Gasteiger partial charge in [-0.1, -0.05) is 38.1 Å². The third kappa shape index (κ3) is 5.91. The Hall–Kier alpha value is -2.70. The van der Waals surface area contributed by atoms with Crippen molar-refractivity contribution in [3.05, 3.63) is 47.1 Å². The molecule has 7 nitrogen and oxygen atoms in total. The van der Waals surface area contributed by atoms with Crippen molar-refractivity contribution in [1.29, 1.82) is 0 Å². The van der Waals surface area contributed by atoms with E-state index < -0.39 is 0 Å². The van der Waals surface area contributed by atoms with Gasteiger partial charge in [-0.2, -0.15) is 4.98 Å². The quantitative estimate of drug-likeness (QED) is 0.807. The van der Waals surface area contributed by atoms with Gasteiger partial charge in [-0.25, -0.2) is 0 Å². The Labute approximate surface area is 160 Å². The van der Waals surface area contributed by atoms with Crippen LogP contribution in [0.2, 0.25) is 0 Å². The maximum Gasteiger partial charge on any atom is 0.251 e. The highest BCUT2D eigenvalue weighted by molar-refractivity contribution is 5.93. The lowest BCUT2D eigenvalue weighted by molar-refractivity contribution is -0.130. The molecule has 2 amide bonds. The SMILES string of the molecule is CNC(=O)c1ccc(CN(C)C(=O)CCCc2nc(C(C)(C)C)no2)cc1. The van der Waals surface area contributed by atoms with Gasteiger partial charge in [0.05, 0.1) is 0 Å². The van der Waals surface area contributed by atoms with Gasteiger partial charge in [-0.3, -0.25) is 9.59 Å². The summed E-state index contributed by atoms with van der Waals surface area (Å²) in [5.74, 6) is 1.18. The molecule has 0 atom stereocenters. The van der Waals surface area contributed by atoms with Crippen LogP contribution in [0.4, 0.5) is 0 Å². The lowest BCUT2D eigenvalue weighted by atomic mass is 9.96. The number of carbonyl (C=O) groups excluding carboxylic acids is 2. The number of aromatic nitrogens is 2. The van der Waals surface area contributed by atoms with E-state index in [1.54, 1.807) is 31.1 Å². The number of nitrogens with one attached hydrogen (secondary N) is 1. The first-order chi connectivity index (χ1) is 12.7. The molecular weight excluding hydrogens is 344 g/mol. The number of hydrogen-bond donors (Lipinski definition) is 1. The minimum absolute atomic E-state index is 0.0564. The van der Waals surface area contributed by atoms with Crippen molar-refractivity contribution >= 4 is 11.8 Å². The number of nitrogens with zero attached hydrogens (tertiary/aromatic N) is 3. The fourth-order valence-corrected chi connectivity index (χ4v) is 2.51. The monoisotopic (exact) mass is 372 g/mol. The average molecular weight is 372 g/mol. The largest absolute Gasteiger partial charge is 0.355 e. The lowest BCUT2D eigenvalue weighted by Crippen LogP contribution is -2.26. The zero-order valence-electron chi connectivity index (χ0n) is 16.7. The maximum atomic E-state index is 12.3. The van der Waals surface area contributed by atoms with Crippen LogP contribution in [0.1, 0.15) is 61.2 Å². The van der Waals surface area contributed by atoms with E-state index in [0.717, 1.165) is 5.56 Å². The molecule has 0 fully saturated rings. The second kappa shape index (κ2) is 8.79. The average Bonchev–Trinajstić information content (AvgIpc) is 3.11. The van der Waals surface area contributed by atoms with Gasteiger partial charge in [0.25, 0.3) is 5.91 Å². The van der Waals surface area contributed by atoms with Crippen LogP contribution >= 0.6 is 0 Å². The maximum absolute atomic E-state index is 12.3. The van der Waals surface area contributed by atoms with Crippen LogP contribution < -0.4 is 5.32 Å². The van der Waals surface area contributed by atoms with E-state index in [2.05, 4.69) is 15.5 Å². The molecule has 0 bridgehead atoms. The van der Waals surface area contributed by atoms with E-state index in [0.29, 0.717) is 43.1 Å². The van der Waals surface area contributed by atoms with E-state index >= 15 is 0 Å². The summed E-state index contributed by atoms with van der Waals surface area (Å²) in [6.45, 7) is 6.59. The second-order valence-electron chi connectivity index (χ2n) is 7.64. The summed E-state index contributed by atoms with van der Waals surface area (Å²) in [5.41, 5.74) is 1.43. The molecule has 0 aliphatic heterocycles. The van der Waals surface area contributed by atoms with Crippen molar-refractivity contribution in [1.82, 2.24) is 20.4 Å². The van der Waals surface area contributed by atoms with Gasteiger partial charge in [0, 0.05) is 44.5 Å². The smallest absolute Gasteiger partial charge is 0.251 e. The van der Waals surface area contributed by atoms with Gasteiger partial charge >= 0.3 is 0 Å². The molecule has 2 rings (SSSR count). The Bertz CT molecular complexity index is 775. The van der Waals surface area contributed by atoms with Crippen molar-refractivity contribution in [3.63, 3.8) is 0 Å². The molecule has 0 unspecified atom stereocenters. The lowest BCUT2D eigenvalue weighted by Gasteiger charge is -2.17. The highest BCUT2D eigenvalue weighted by Crippen LogP contribution is 2.19. The predicted molar refractivity (Wildman–Crippen MR) is 102 cm³/mol. The molecule has 27 heavy (non-hydrogen) atoms. The van der Waals surface area contributed by atoms with Crippen LogP contribution in [-0.2, 0) is 23.2 Å². The van der Waals surface area contributed by atoms with Gasteiger partial charge < -0.3 is 14.7 Å². The van der Waals surface area contributed by atoms with E-state index in [-0.39, 0.29) is 17.2 Å². The molecule has 1 N–H and O–H groups in total. The number of carbonyl (C=O) groups is 2. The summed E-state index contributed by atoms with van der Waals surface area (Å²) in [6, 6.07) is 7.24. The third-order valence-electron chi connectivity index (χ3n) is 4.21. The Morgan fingerprint density at radius 1 is 1.19 bits per heavy atom. The molecule has 0 aliphatic rings. The topological polar surface area (TPSA) is 88.3 Å². The van der Waals surface area contributed by atoms with Crippen LogP contribution in [0.25, 0.3) is 0 Å². The van der Waals surface area contributed by atoms with Crippen molar-refractivity contribution in [2.24, 2.45) is 0 Å². The third-order valence-corrected chi connectivity index (χ3v) is 4.21. The fourth-order valence-electron chi connectivity index (χ4n) is 2.51. The molecule has 1 heterocycles. The molecule has 0 saturated carbocycles. The number of amides is 2. The molecule has 1 aromatic carbocycles. The van der Waals surface area contributed by atoms with Crippen molar-refractivity contribution in [3.8, 4) is 0 Å². The summed E-state index contributed by atoms with van der Waals surface area (Å²) in [6.07, 6.45) is 1.66. The number of benzene rings is 1. The fraction of sp³-hybridized carbons (Fsp3) is 0.500. The molecule has 0 radical (unpaired) electrons. The van der Waals surface area contributed by atoms with Crippen LogP contribution in [0.15, 0.2) is 28.8 Å². The van der Waals surface area contributed by atoms with Gasteiger partial charge in [-0.05, 0) is 24.1 Å². The van der Waals surface area contributed by atoms with E-state index in [1.807, 2.05) is 32.9 Å². The molecular formula is C20H28N4O3. The predicted octanol–water partition coefficient (Wildman–Crippen LogP) is 2.71. The Morgan fingerprint density at radius 3 is 2.41 bits per heavy atom.